The van der Waals surface area contributed by atoms with Gasteiger partial charge in [0, 0.05) is 53.1 Å². The van der Waals surface area contributed by atoms with Crippen molar-refractivity contribution in [3.8, 4) is 11.1 Å². The Balaban J connectivity index is 1.44. The summed E-state index contributed by atoms with van der Waals surface area (Å²) in [6, 6.07) is 14.9. The summed E-state index contributed by atoms with van der Waals surface area (Å²) in [5.74, 6) is 0.0331. The summed E-state index contributed by atoms with van der Waals surface area (Å²) in [5, 5.41) is 3.48. The summed E-state index contributed by atoms with van der Waals surface area (Å²) in [5.41, 5.74) is 4.46. The molecule has 1 saturated heterocycles. The van der Waals surface area contributed by atoms with Crippen LogP contribution in [0.25, 0.3) is 21.2 Å². The van der Waals surface area contributed by atoms with Crippen LogP contribution in [0.1, 0.15) is 5.56 Å². The minimum absolute atomic E-state index is 0.0331. The van der Waals surface area contributed by atoms with E-state index >= 15 is 0 Å². The molecule has 0 N–H and O–H groups in total. The molecule has 5 rings (SSSR count). The summed E-state index contributed by atoms with van der Waals surface area (Å²) in [6.45, 7) is 5.52. The van der Waals surface area contributed by atoms with Crippen LogP contribution in [0.2, 0.25) is 0 Å². The van der Waals surface area contributed by atoms with Gasteiger partial charge in [-0.1, -0.05) is 24.3 Å². The number of hydrogen-bond donors (Lipinski definition) is 0. The number of anilines is 1. The van der Waals surface area contributed by atoms with Crippen molar-refractivity contribution in [1.29, 1.82) is 0 Å². The fourth-order valence-electron chi connectivity index (χ4n) is 4.11. The normalized spacial score (nSPS) is 18.1. The van der Waals surface area contributed by atoms with Crippen LogP contribution >= 0.6 is 11.3 Å². The molecule has 29 heavy (non-hydrogen) atoms. The quantitative estimate of drug-likeness (QED) is 0.659. The minimum atomic E-state index is 0.0331. The van der Waals surface area contributed by atoms with Crippen molar-refractivity contribution in [3.63, 3.8) is 0 Å². The molecular formula is C23H24N2O3S. The highest BCUT2D eigenvalue weighted by atomic mass is 32.1. The number of nitrogens with zero attached hydrogens (tertiary/aromatic N) is 2. The van der Waals surface area contributed by atoms with Gasteiger partial charge >= 0.3 is 0 Å². The monoisotopic (exact) mass is 408 g/mol. The van der Waals surface area contributed by atoms with Crippen molar-refractivity contribution in [2.75, 3.05) is 50.9 Å². The first-order valence-corrected chi connectivity index (χ1v) is 11.0. The molecule has 1 aromatic heterocycles. The van der Waals surface area contributed by atoms with Gasteiger partial charge in [0.2, 0.25) is 0 Å². The van der Waals surface area contributed by atoms with Crippen molar-refractivity contribution in [2.24, 2.45) is 0 Å². The molecule has 1 fully saturated rings. The second-order valence-electron chi connectivity index (χ2n) is 7.48. The van der Waals surface area contributed by atoms with Crippen molar-refractivity contribution in [2.45, 2.75) is 6.61 Å². The number of carbonyl (C=O) groups is 1. The van der Waals surface area contributed by atoms with Gasteiger partial charge < -0.3 is 14.4 Å². The van der Waals surface area contributed by atoms with Crippen molar-refractivity contribution < 1.29 is 14.3 Å². The maximum absolute atomic E-state index is 12.7. The van der Waals surface area contributed by atoms with Crippen LogP contribution in [0.5, 0.6) is 0 Å². The number of hydrogen-bond acceptors (Lipinski definition) is 5. The highest BCUT2D eigenvalue weighted by Gasteiger charge is 2.24. The van der Waals surface area contributed by atoms with E-state index in [1.165, 1.54) is 21.2 Å². The number of carbonyl (C=O) groups excluding carboxylic acids is 1. The van der Waals surface area contributed by atoms with Gasteiger partial charge in [-0.3, -0.25) is 9.69 Å². The first kappa shape index (κ1) is 18.8. The third kappa shape index (κ3) is 3.81. The summed E-state index contributed by atoms with van der Waals surface area (Å²) in [6.07, 6.45) is 0. The molecule has 0 bridgehead atoms. The van der Waals surface area contributed by atoms with Crippen LogP contribution in [0, 0.1) is 0 Å². The van der Waals surface area contributed by atoms with Gasteiger partial charge in [0.05, 0.1) is 19.8 Å². The molecule has 3 aromatic rings. The number of rotatable bonds is 4. The highest BCUT2D eigenvalue weighted by molar-refractivity contribution is 7.17. The fraction of sp³-hybridized carbons (Fsp3) is 0.348. The summed E-state index contributed by atoms with van der Waals surface area (Å²) in [4.78, 5) is 16.9. The standard InChI is InChI=1S/C23H24N2O3S/c26-23-15-28-14-18-13-17(20-16-29-22-4-2-1-3-19(20)22)5-6-21(18)25(23)8-7-24-9-11-27-12-10-24/h1-6,13,16H,7-12,14-15H2. The second-order valence-corrected chi connectivity index (χ2v) is 8.39. The zero-order valence-electron chi connectivity index (χ0n) is 16.3. The second kappa shape index (κ2) is 8.24. The van der Waals surface area contributed by atoms with Gasteiger partial charge in [0.15, 0.2) is 0 Å². The van der Waals surface area contributed by atoms with E-state index in [1.807, 2.05) is 4.90 Å². The molecule has 0 radical (unpaired) electrons. The van der Waals surface area contributed by atoms with E-state index in [4.69, 9.17) is 9.47 Å². The van der Waals surface area contributed by atoms with Gasteiger partial charge in [0.25, 0.3) is 5.91 Å². The van der Waals surface area contributed by atoms with Crippen LogP contribution < -0.4 is 4.90 Å². The molecule has 0 aliphatic carbocycles. The first-order valence-electron chi connectivity index (χ1n) is 10.1. The topological polar surface area (TPSA) is 42.0 Å². The van der Waals surface area contributed by atoms with Gasteiger partial charge in [-0.05, 0) is 29.1 Å². The van der Waals surface area contributed by atoms with E-state index in [9.17, 15) is 4.79 Å². The average molecular weight is 409 g/mol. The van der Waals surface area contributed by atoms with Crippen LogP contribution in [-0.4, -0.2) is 56.8 Å². The van der Waals surface area contributed by atoms with Gasteiger partial charge in [-0.15, -0.1) is 11.3 Å². The van der Waals surface area contributed by atoms with Crippen LogP contribution in [0.3, 0.4) is 0 Å². The van der Waals surface area contributed by atoms with E-state index in [-0.39, 0.29) is 12.5 Å². The Bertz CT molecular complexity index is 1030. The molecule has 150 valence electrons. The van der Waals surface area contributed by atoms with E-state index < -0.39 is 0 Å². The lowest BCUT2D eigenvalue weighted by atomic mass is 10.0. The number of amides is 1. The molecule has 0 spiro atoms. The zero-order valence-corrected chi connectivity index (χ0v) is 17.1. The van der Waals surface area contributed by atoms with Crippen molar-refractivity contribution in [3.05, 3.63) is 53.4 Å². The van der Waals surface area contributed by atoms with Crippen molar-refractivity contribution >= 4 is 33.0 Å². The average Bonchev–Trinajstić information content (AvgIpc) is 3.12. The van der Waals surface area contributed by atoms with Gasteiger partial charge in [0.1, 0.15) is 6.61 Å². The smallest absolute Gasteiger partial charge is 0.253 e. The van der Waals surface area contributed by atoms with Crippen LogP contribution in [0.4, 0.5) is 5.69 Å². The molecule has 0 unspecified atom stereocenters. The number of benzene rings is 2. The summed E-state index contributed by atoms with van der Waals surface area (Å²) < 4.78 is 12.4. The molecule has 2 aliphatic rings. The summed E-state index contributed by atoms with van der Waals surface area (Å²) >= 11 is 1.76. The van der Waals surface area contributed by atoms with E-state index in [0.717, 1.165) is 44.1 Å². The fourth-order valence-corrected chi connectivity index (χ4v) is 5.08. The predicted octanol–water partition coefficient (Wildman–Crippen LogP) is 3.76. The Labute approximate surface area is 174 Å². The molecular weight excluding hydrogens is 384 g/mol. The molecule has 0 saturated carbocycles. The number of fused-ring (bicyclic) bond motifs is 2. The maximum Gasteiger partial charge on any atom is 0.253 e. The van der Waals surface area contributed by atoms with Gasteiger partial charge in [-0.25, -0.2) is 0 Å². The summed E-state index contributed by atoms with van der Waals surface area (Å²) in [7, 11) is 0. The lowest BCUT2D eigenvalue weighted by Crippen LogP contribution is -2.43. The van der Waals surface area contributed by atoms with Crippen molar-refractivity contribution in [1.82, 2.24) is 4.90 Å². The number of ether oxygens (including phenoxy) is 2. The molecule has 2 aliphatic heterocycles. The lowest BCUT2D eigenvalue weighted by Gasteiger charge is -2.30. The molecule has 3 heterocycles. The zero-order chi connectivity index (χ0) is 19.6. The third-order valence-electron chi connectivity index (χ3n) is 5.69. The maximum atomic E-state index is 12.7. The SMILES string of the molecule is O=C1COCc2cc(-c3csc4ccccc34)ccc2N1CCN1CCOCC1. The van der Waals surface area contributed by atoms with E-state index in [0.29, 0.717) is 13.2 Å². The molecule has 1 amide bonds. The molecule has 5 nitrogen and oxygen atoms in total. The molecule has 6 heteroatoms. The predicted molar refractivity (Wildman–Crippen MR) is 117 cm³/mol. The Morgan fingerprint density at radius 2 is 1.83 bits per heavy atom. The minimum Gasteiger partial charge on any atom is -0.379 e. The Morgan fingerprint density at radius 3 is 2.72 bits per heavy atom. The van der Waals surface area contributed by atoms with Crippen LogP contribution in [-0.2, 0) is 20.9 Å². The largest absolute Gasteiger partial charge is 0.379 e. The number of thiophene rings is 1. The molecule has 2 aromatic carbocycles. The van der Waals surface area contributed by atoms with Crippen LogP contribution in [0.15, 0.2) is 47.8 Å². The Kier molecular flexibility index (Phi) is 5.33. The lowest BCUT2D eigenvalue weighted by molar-refractivity contribution is -0.123. The van der Waals surface area contributed by atoms with E-state index in [2.05, 4.69) is 52.7 Å². The Hall–Kier alpha value is -2.25. The highest BCUT2D eigenvalue weighted by Crippen LogP contribution is 2.36. The Morgan fingerprint density at radius 1 is 0.966 bits per heavy atom. The molecule has 0 atom stereocenters. The first-order chi connectivity index (χ1) is 14.3. The van der Waals surface area contributed by atoms with E-state index in [1.54, 1.807) is 11.3 Å². The third-order valence-corrected chi connectivity index (χ3v) is 6.65. The van der Waals surface area contributed by atoms with Gasteiger partial charge in [-0.2, -0.15) is 0 Å². The number of morpholine rings is 1.